The van der Waals surface area contributed by atoms with Crippen LogP contribution >= 0.6 is 0 Å². The molecular weight excluding hydrogens is 372 g/mol. The van der Waals surface area contributed by atoms with Crippen molar-refractivity contribution >= 4 is 27.3 Å². The van der Waals surface area contributed by atoms with Crippen molar-refractivity contribution in [1.29, 1.82) is 0 Å². The number of benzene rings is 3. The van der Waals surface area contributed by atoms with Gasteiger partial charge in [0.15, 0.2) is 15.6 Å². The van der Waals surface area contributed by atoms with Crippen LogP contribution in [0.2, 0.25) is 0 Å². The Balaban J connectivity index is 2.03. The van der Waals surface area contributed by atoms with Crippen LogP contribution in [0.4, 0.5) is 0 Å². The second kappa shape index (κ2) is 8.23. The Bertz CT molecular complexity index is 1100. The Morgan fingerprint density at radius 3 is 1.96 bits per heavy atom. The predicted molar refractivity (Wildman–Crippen MR) is 111 cm³/mol. The van der Waals surface area contributed by atoms with Crippen molar-refractivity contribution in [2.75, 3.05) is 13.4 Å². The molecule has 0 fully saturated rings. The molecule has 3 aromatic rings. The van der Waals surface area contributed by atoms with Crippen molar-refractivity contribution in [1.82, 2.24) is 0 Å². The zero-order valence-electron chi connectivity index (χ0n) is 15.6. The van der Waals surface area contributed by atoms with E-state index < -0.39 is 9.84 Å². The van der Waals surface area contributed by atoms with Gasteiger partial charge in [0.25, 0.3) is 0 Å². The fraction of sp³-hybridized carbons (Fsp3) is 0.0870. The fourth-order valence-electron chi connectivity index (χ4n) is 2.77. The highest BCUT2D eigenvalue weighted by atomic mass is 32.2. The van der Waals surface area contributed by atoms with Crippen molar-refractivity contribution in [3.05, 3.63) is 95.6 Å². The van der Waals surface area contributed by atoms with Crippen molar-refractivity contribution in [3.63, 3.8) is 0 Å². The standard InChI is InChI=1S/C23H20O4S/c1-27-20-12-8-17(9-13-20)16-22(18-6-4-3-5-7-18)23(24)19-10-14-21(15-11-19)28(2,25)26/h3-16H,1-2H3/b22-16+. The van der Waals surface area contributed by atoms with E-state index in [2.05, 4.69) is 0 Å². The summed E-state index contributed by atoms with van der Waals surface area (Å²) in [5.74, 6) is 0.558. The monoisotopic (exact) mass is 392 g/mol. The number of carbonyl (C=O) groups is 1. The van der Waals surface area contributed by atoms with Crippen LogP contribution in [0, 0.1) is 0 Å². The van der Waals surface area contributed by atoms with Crippen LogP contribution in [0.3, 0.4) is 0 Å². The number of sulfone groups is 1. The van der Waals surface area contributed by atoms with Crippen molar-refractivity contribution in [2.45, 2.75) is 4.90 Å². The minimum atomic E-state index is -3.31. The zero-order valence-corrected chi connectivity index (χ0v) is 16.4. The summed E-state index contributed by atoms with van der Waals surface area (Å²) >= 11 is 0. The van der Waals surface area contributed by atoms with Gasteiger partial charge in [-0.1, -0.05) is 42.5 Å². The lowest BCUT2D eigenvalue weighted by Crippen LogP contribution is -2.04. The minimum Gasteiger partial charge on any atom is -0.497 e. The lowest BCUT2D eigenvalue weighted by molar-refractivity contribution is 0.105. The number of ether oxygens (including phenoxy) is 1. The number of Topliss-reactive ketones (excluding diaryl/α,β-unsaturated/α-hetero) is 1. The zero-order chi connectivity index (χ0) is 20.1. The molecule has 0 spiro atoms. The second-order valence-electron chi connectivity index (χ2n) is 6.32. The Morgan fingerprint density at radius 2 is 1.43 bits per heavy atom. The third kappa shape index (κ3) is 4.56. The molecule has 0 radical (unpaired) electrons. The Hall–Kier alpha value is -3.18. The molecule has 3 aromatic carbocycles. The molecule has 0 aliphatic carbocycles. The molecule has 0 aromatic heterocycles. The molecular formula is C23H20O4S. The average molecular weight is 392 g/mol. The summed E-state index contributed by atoms with van der Waals surface area (Å²) in [5, 5.41) is 0. The van der Waals surface area contributed by atoms with Crippen LogP contribution in [-0.4, -0.2) is 27.6 Å². The Morgan fingerprint density at radius 1 is 0.821 bits per heavy atom. The van der Waals surface area contributed by atoms with Gasteiger partial charge in [0.2, 0.25) is 0 Å². The smallest absolute Gasteiger partial charge is 0.193 e. The third-order valence-corrected chi connectivity index (χ3v) is 5.43. The molecule has 0 heterocycles. The fourth-order valence-corrected chi connectivity index (χ4v) is 3.40. The largest absolute Gasteiger partial charge is 0.497 e. The van der Waals surface area contributed by atoms with E-state index in [9.17, 15) is 13.2 Å². The first-order valence-electron chi connectivity index (χ1n) is 8.64. The van der Waals surface area contributed by atoms with Crippen LogP contribution in [0.15, 0.2) is 83.8 Å². The van der Waals surface area contributed by atoms with Crippen molar-refractivity contribution in [3.8, 4) is 5.75 Å². The van der Waals surface area contributed by atoms with Crippen molar-refractivity contribution in [2.24, 2.45) is 0 Å². The predicted octanol–water partition coefficient (Wildman–Crippen LogP) is 4.52. The summed E-state index contributed by atoms with van der Waals surface area (Å²) in [6, 6.07) is 22.8. The summed E-state index contributed by atoms with van der Waals surface area (Å²) in [6.45, 7) is 0. The van der Waals surface area contributed by atoms with E-state index in [1.54, 1.807) is 19.2 Å². The van der Waals surface area contributed by atoms with Crippen LogP contribution in [0.5, 0.6) is 5.75 Å². The molecule has 0 unspecified atom stereocenters. The van der Waals surface area contributed by atoms with E-state index in [0.29, 0.717) is 11.1 Å². The van der Waals surface area contributed by atoms with Gasteiger partial charge in [-0.05, 0) is 53.6 Å². The highest BCUT2D eigenvalue weighted by Gasteiger charge is 2.16. The SMILES string of the molecule is COc1ccc(/C=C(/C(=O)c2ccc(S(C)(=O)=O)cc2)c2ccccc2)cc1. The number of hydrogen-bond donors (Lipinski definition) is 0. The molecule has 142 valence electrons. The lowest BCUT2D eigenvalue weighted by Gasteiger charge is -2.09. The Labute approximate surface area is 165 Å². The minimum absolute atomic E-state index is 0.179. The van der Waals surface area contributed by atoms with Crippen LogP contribution in [0.1, 0.15) is 21.5 Å². The number of rotatable bonds is 6. The Kier molecular flexibility index (Phi) is 5.76. The summed E-state index contributed by atoms with van der Waals surface area (Å²) in [5.41, 5.74) is 2.60. The molecule has 0 saturated carbocycles. The summed E-state index contributed by atoms with van der Waals surface area (Å²) in [4.78, 5) is 13.4. The van der Waals surface area contributed by atoms with Gasteiger partial charge in [0, 0.05) is 17.4 Å². The average Bonchev–Trinajstić information content (AvgIpc) is 2.72. The molecule has 3 rings (SSSR count). The molecule has 0 N–H and O–H groups in total. The number of carbonyl (C=O) groups excluding carboxylic acids is 1. The van der Waals surface area contributed by atoms with E-state index in [1.807, 2.05) is 60.7 Å². The van der Waals surface area contributed by atoms with E-state index in [4.69, 9.17) is 4.74 Å². The van der Waals surface area contributed by atoms with Crippen LogP contribution in [-0.2, 0) is 9.84 Å². The summed E-state index contributed by atoms with van der Waals surface area (Å²) in [7, 11) is -1.71. The maximum atomic E-state index is 13.2. The summed E-state index contributed by atoms with van der Waals surface area (Å²) in [6.07, 6.45) is 2.96. The lowest BCUT2D eigenvalue weighted by atomic mass is 9.95. The van der Waals surface area contributed by atoms with E-state index in [0.717, 1.165) is 23.1 Å². The van der Waals surface area contributed by atoms with E-state index in [1.165, 1.54) is 12.1 Å². The molecule has 0 atom stereocenters. The normalized spacial score (nSPS) is 11.9. The number of hydrogen-bond acceptors (Lipinski definition) is 4. The molecule has 28 heavy (non-hydrogen) atoms. The van der Waals surface area contributed by atoms with Gasteiger partial charge in [-0.3, -0.25) is 4.79 Å². The third-order valence-electron chi connectivity index (χ3n) is 4.30. The van der Waals surface area contributed by atoms with E-state index >= 15 is 0 Å². The van der Waals surface area contributed by atoms with Crippen LogP contribution in [0.25, 0.3) is 11.6 Å². The van der Waals surface area contributed by atoms with Gasteiger partial charge in [-0.2, -0.15) is 0 Å². The number of methoxy groups -OCH3 is 1. The first-order chi connectivity index (χ1) is 13.4. The molecule has 0 bridgehead atoms. The maximum absolute atomic E-state index is 13.2. The first-order valence-corrected chi connectivity index (χ1v) is 10.5. The van der Waals surface area contributed by atoms with Gasteiger partial charge in [0.1, 0.15) is 5.75 Å². The summed E-state index contributed by atoms with van der Waals surface area (Å²) < 4.78 is 28.5. The number of ketones is 1. The van der Waals surface area contributed by atoms with Crippen LogP contribution < -0.4 is 4.74 Å². The van der Waals surface area contributed by atoms with Gasteiger partial charge >= 0.3 is 0 Å². The molecule has 5 heteroatoms. The molecule has 0 saturated heterocycles. The van der Waals surface area contributed by atoms with Gasteiger partial charge in [0.05, 0.1) is 12.0 Å². The van der Waals surface area contributed by atoms with Gasteiger partial charge in [-0.25, -0.2) is 8.42 Å². The molecule has 0 aliphatic rings. The quantitative estimate of drug-likeness (QED) is 0.351. The van der Waals surface area contributed by atoms with Gasteiger partial charge in [-0.15, -0.1) is 0 Å². The van der Waals surface area contributed by atoms with E-state index in [-0.39, 0.29) is 10.7 Å². The maximum Gasteiger partial charge on any atom is 0.193 e. The first kappa shape index (κ1) is 19.6. The topological polar surface area (TPSA) is 60.4 Å². The molecule has 0 aliphatic heterocycles. The number of allylic oxidation sites excluding steroid dienone is 1. The van der Waals surface area contributed by atoms with Crippen molar-refractivity contribution < 1.29 is 17.9 Å². The highest BCUT2D eigenvalue weighted by Crippen LogP contribution is 2.24. The highest BCUT2D eigenvalue weighted by molar-refractivity contribution is 7.90. The molecule has 0 amide bonds. The second-order valence-corrected chi connectivity index (χ2v) is 8.34. The van der Waals surface area contributed by atoms with Gasteiger partial charge < -0.3 is 4.74 Å². The molecule has 4 nitrogen and oxygen atoms in total.